The second-order valence-electron chi connectivity index (χ2n) is 6.38. The van der Waals surface area contributed by atoms with Gasteiger partial charge < -0.3 is 0 Å². The molecule has 2 aromatic carbocycles. The number of aromatic nitrogens is 2. The third-order valence-electron chi connectivity index (χ3n) is 4.25. The Morgan fingerprint density at radius 3 is 1.96 bits per heavy atom. The SMILES string of the molecule is Cc1cc(C)n(CC(=O)NNC(=O)C(c2ccccc2)c2ccccc2)n1. The molecule has 2 N–H and O–H groups in total. The van der Waals surface area contributed by atoms with Crippen molar-refractivity contribution < 1.29 is 9.59 Å². The van der Waals surface area contributed by atoms with Crippen LogP contribution in [0.4, 0.5) is 0 Å². The van der Waals surface area contributed by atoms with E-state index in [-0.39, 0.29) is 18.4 Å². The van der Waals surface area contributed by atoms with Gasteiger partial charge in [-0.3, -0.25) is 25.1 Å². The van der Waals surface area contributed by atoms with Crippen LogP contribution in [0.3, 0.4) is 0 Å². The summed E-state index contributed by atoms with van der Waals surface area (Å²) in [6.07, 6.45) is 0. The fraction of sp³-hybridized carbons (Fsp3) is 0.190. The largest absolute Gasteiger partial charge is 0.272 e. The summed E-state index contributed by atoms with van der Waals surface area (Å²) in [7, 11) is 0. The van der Waals surface area contributed by atoms with Crippen LogP contribution in [-0.4, -0.2) is 21.6 Å². The van der Waals surface area contributed by atoms with E-state index in [4.69, 9.17) is 0 Å². The van der Waals surface area contributed by atoms with Crippen LogP contribution in [0, 0.1) is 13.8 Å². The maximum atomic E-state index is 12.8. The topological polar surface area (TPSA) is 76.0 Å². The average Bonchev–Trinajstić information content (AvgIpc) is 2.99. The Bertz CT molecular complexity index is 880. The fourth-order valence-electron chi connectivity index (χ4n) is 3.00. The van der Waals surface area contributed by atoms with E-state index >= 15 is 0 Å². The lowest BCUT2D eigenvalue weighted by molar-refractivity contribution is -0.129. The van der Waals surface area contributed by atoms with Gasteiger partial charge >= 0.3 is 0 Å². The lowest BCUT2D eigenvalue weighted by atomic mass is 9.91. The Morgan fingerprint density at radius 2 is 1.48 bits per heavy atom. The highest BCUT2D eigenvalue weighted by Crippen LogP contribution is 2.24. The minimum atomic E-state index is -0.513. The number of rotatable bonds is 5. The first-order valence-electron chi connectivity index (χ1n) is 8.74. The molecule has 0 atom stereocenters. The van der Waals surface area contributed by atoms with E-state index in [1.165, 1.54) is 0 Å². The van der Waals surface area contributed by atoms with Crippen LogP contribution in [0.1, 0.15) is 28.4 Å². The lowest BCUT2D eigenvalue weighted by Crippen LogP contribution is -2.45. The van der Waals surface area contributed by atoms with Crippen LogP contribution in [0.15, 0.2) is 66.7 Å². The average molecular weight is 362 g/mol. The predicted molar refractivity (Wildman–Crippen MR) is 103 cm³/mol. The zero-order chi connectivity index (χ0) is 19.2. The standard InChI is InChI=1S/C21H22N4O2/c1-15-13-16(2)25(24-15)14-19(26)22-23-21(27)20(17-9-5-3-6-10-17)18-11-7-4-8-12-18/h3-13,20H,14H2,1-2H3,(H,22,26)(H,23,27). The van der Waals surface area contributed by atoms with Crippen LogP contribution in [0.5, 0.6) is 0 Å². The zero-order valence-electron chi connectivity index (χ0n) is 15.3. The van der Waals surface area contributed by atoms with Gasteiger partial charge in [0.25, 0.3) is 5.91 Å². The highest BCUT2D eigenvalue weighted by Gasteiger charge is 2.23. The molecule has 0 saturated carbocycles. The molecular formula is C21H22N4O2. The summed E-state index contributed by atoms with van der Waals surface area (Å²) < 4.78 is 1.60. The molecule has 1 heterocycles. The Kier molecular flexibility index (Phi) is 5.66. The Morgan fingerprint density at radius 1 is 0.926 bits per heavy atom. The quantitative estimate of drug-likeness (QED) is 0.685. The molecule has 3 aromatic rings. The van der Waals surface area contributed by atoms with Crippen molar-refractivity contribution in [2.75, 3.05) is 0 Å². The fourth-order valence-corrected chi connectivity index (χ4v) is 3.00. The number of benzene rings is 2. The van der Waals surface area contributed by atoms with Gasteiger partial charge in [-0.05, 0) is 31.0 Å². The second-order valence-corrected chi connectivity index (χ2v) is 6.38. The first-order valence-corrected chi connectivity index (χ1v) is 8.74. The Labute approximate surface area is 158 Å². The van der Waals surface area contributed by atoms with Crippen molar-refractivity contribution in [2.24, 2.45) is 0 Å². The summed E-state index contributed by atoms with van der Waals surface area (Å²) in [4.78, 5) is 25.0. The minimum absolute atomic E-state index is 0.0430. The summed E-state index contributed by atoms with van der Waals surface area (Å²) in [6, 6.07) is 20.8. The molecule has 2 amide bonds. The predicted octanol–water partition coefficient (Wildman–Crippen LogP) is 2.48. The van der Waals surface area contributed by atoms with Gasteiger partial charge in [0, 0.05) is 5.69 Å². The van der Waals surface area contributed by atoms with Crippen LogP contribution in [-0.2, 0) is 16.1 Å². The van der Waals surface area contributed by atoms with Crippen molar-refractivity contribution in [1.29, 1.82) is 0 Å². The van der Waals surface area contributed by atoms with E-state index < -0.39 is 5.92 Å². The number of carbonyl (C=O) groups is 2. The van der Waals surface area contributed by atoms with Crippen LogP contribution in [0.25, 0.3) is 0 Å². The molecule has 0 aliphatic heterocycles. The molecule has 3 rings (SSSR count). The molecule has 0 spiro atoms. The molecule has 0 bridgehead atoms. The highest BCUT2D eigenvalue weighted by molar-refractivity contribution is 5.89. The zero-order valence-corrected chi connectivity index (χ0v) is 15.3. The number of nitrogens with one attached hydrogen (secondary N) is 2. The van der Waals surface area contributed by atoms with Gasteiger partial charge in [0.15, 0.2) is 0 Å². The minimum Gasteiger partial charge on any atom is -0.272 e. The van der Waals surface area contributed by atoms with Crippen molar-refractivity contribution in [3.8, 4) is 0 Å². The van der Waals surface area contributed by atoms with E-state index in [1.807, 2.05) is 80.6 Å². The van der Waals surface area contributed by atoms with Crippen molar-refractivity contribution in [1.82, 2.24) is 20.6 Å². The maximum Gasteiger partial charge on any atom is 0.260 e. The molecule has 0 fully saturated rings. The van der Waals surface area contributed by atoms with E-state index in [0.29, 0.717) is 0 Å². The maximum absolute atomic E-state index is 12.8. The third-order valence-corrected chi connectivity index (χ3v) is 4.25. The number of hydrogen-bond donors (Lipinski definition) is 2. The van der Waals surface area contributed by atoms with Gasteiger partial charge in [-0.25, -0.2) is 0 Å². The molecule has 0 unspecified atom stereocenters. The Hall–Kier alpha value is -3.41. The van der Waals surface area contributed by atoms with Crippen LogP contribution < -0.4 is 10.9 Å². The van der Waals surface area contributed by atoms with Gasteiger partial charge in [-0.2, -0.15) is 5.10 Å². The van der Waals surface area contributed by atoms with Gasteiger partial charge in [0.1, 0.15) is 6.54 Å². The summed E-state index contributed by atoms with van der Waals surface area (Å²) in [5, 5.41) is 4.25. The van der Waals surface area contributed by atoms with Crippen molar-refractivity contribution >= 4 is 11.8 Å². The number of nitrogens with zero attached hydrogens (tertiary/aromatic N) is 2. The molecular weight excluding hydrogens is 340 g/mol. The lowest BCUT2D eigenvalue weighted by Gasteiger charge is -2.18. The summed E-state index contributed by atoms with van der Waals surface area (Å²) in [5.41, 5.74) is 8.48. The molecule has 0 radical (unpaired) electrons. The van der Waals surface area contributed by atoms with Crippen LogP contribution >= 0.6 is 0 Å². The van der Waals surface area contributed by atoms with Gasteiger partial charge in [-0.1, -0.05) is 60.7 Å². The first-order chi connectivity index (χ1) is 13.0. The molecule has 27 heavy (non-hydrogen) atoms. The molecule has 0 aliphatic carbocycles. The van der Waals surface area contributed by atoms with Crippen molar-refractivity contribution in [3.63, 3.8) is 0 Å². The number of carbonyl (C=O) groups excluding carboxylic acids is 2. The number of hydrazine groups is 1. The van der Waals surface area contributed by atoms with Gasteiger partial charge in [-0.15, -0.1) is 0 Å². The molecule has 6 heteroatoms. The van der Waals surface area contributed by atoms with E-state index in [1.54, 1.807) is 4.68 Å². The second kappa shape index (κ2) is 8.31. The molecule has 6 nitrogen and oxygen atoms in total. The van der Waals surface area contributed by atoms with Crippen molar-refractivity contribution in [3.05, 3.63) is 89.2 Å². The van der Waals surface area contributed by atoms with E-state index in [2.05, 4.69) is 16.0 Å². The van der Waals surface area contributed by atoms with E-state index in [0.717, 1.165) is 22.5 Å². The van der Waals surface area contributed by atoms with Gasteiger partial charge in [0.05, 0.1) is 11.6 Å². The third kappa shape index (κ3) is 4.61. The van der Waals surface area contributed by atoms with Crippen molar-refractivity contribution in [2.45, 2.75) is 26.3 Å². The smallest absolute Gasteiger partial charge is 0.260 e. The summed E-state index contributed by atoms with van der Waals surface area (Å²) in [5.74, 6) is -1.15. The highest BCUT2D eigenvalue weighted by atomic mass is 16.2. The number of hydrogen-bond acceptors (Lipinski definition) is 3. The van der Waals surface area contributed by atoms with Crippen LogP contribution in [0.2, 0.25) is 0 Å². The number of amides is 2. The normalized spacial score (nSPS) is 10.6. The number of aryl methyl sites for hydroxylation is 2. The summed E-state index contributed by atoms with van der Waals surface area (Å²) >= 11 is 0. The Balaban J connectivity index is 1.70. The van der Waals surface area contributed by atoms with Gasteiger partial charge in [0.2, 0.25) is 5.91 Å². The molecule has 1 aromatic heterocycles. The molecule has 138 valence electrons. The molecule has 0 saturated heterocycles. The molecule has 0 aliphatic rings. The van der Waals surface area contributed by atoms with E-state index in [9.17, 15) is 9.59 Å². The first kappa shape index (κ1) is 18.4. The monoisotopic (exact) mass is 362 g/mol. The summed E-state index contributed by atoms with van der Waals surface area (Å²) in [6.45, 7) is 3.79.